The van der Waals surface area contributed by atoms with Crippen LogP contribution in [0, 0.1) is 5.92 Å². The van der Waals surface area contributed by atoms with Crippen LogP contribution >= 0.6 is 0 Å². The van der Waals surface area contributed by atoms with E-state index in [-0.39, 0.29) is 23.8 Å². The Labute approximate surface area is 178 Å². The third-order valence-corrected chi connectivity index (χ3v) is 5.61. The van der Waals surface area contributed by atoms with Gasteiger partial charge in [-0.05, 0) is 30.2 Å². The maximum Gasteiger partial charge on any atom is 0.309 e. The topological polar surface area (TPSA) is 69.1 Å². The van der Waals surface area contributed by atoms with Crippen molar-refractivity contribution in [2.45, 2.75) is 25.8 Å². The normalized spacial score (nSPS) is 19.5. The number of hydrogen-bond acceptors (Lipinski definition) is 4. The molecule has 3 rings (SSSR count). The van der Waals surface area contributed by atoms with E-state index < -0.39 is 0 Å². The van der Waals surface area contributed by atoms with Gasteiger partial charge in [0, 0.05) is 12.8 Å². The lowest BCUT2D eigenvalue weighted by Crippen LogP contribution is -3.14. The molecule has 1 atom stereocenters. The van der Waals surface area contributed by atoms with Gasteiger partial charge in [0.25, 0.3) is 5.91 Å². The zero-order valence-corrected chi connectivity index (χ0v) is 17.7. The molecule has 0 bridgehead atoms. The summed E-state index contributed by atoms with van der Waals surface area (Å²) in [6.45, 7) is 4.25. The number of ether oxygens (including phenoxy) is 2. The molecule has 0 aromatic heterocycles. The average molecular weight is 412 g/mol. The maximum atomic E-state index is 12.9. The number of hydrogen-bond donors (Lipinski definition) is 2. The van der Waals surface area contributed by atoms with E-state index in [2.05, 4.69) is 5.32 Å². The van der Waals surface area contributed by atoms with Crippen molar-refractivity contribution in [3.05, 3.63) is 65.7 Å². The van der Waals surface area contributed by atoms with E-state index in [4.69, 9.17) is 9.47 Å². The Morgan fingerprint density at radius 1 is 1.03 bits per heavy atom. The fourth-order valence-electron chi connectivity index (χ4n) is 3.94. The summed E-state index contributed by atoms with van der Waals surface area (Å²) < 4.78 is 10.4. The Hall–Kier alpha value is -2.86. The van der Waals surface area contributed by atoms with Crippen molar-refractivity contribution in [3.8, 4) is 5.75 Å². The Bertz CT molecular complexity index is 815. The van der Waals surface area contributed by atoms with Gasteiger partial charge in [-0.25, -0.2) is 0 Å². The Balaban J connectivity index is 1.62. The number of esters is 1. The highest BCUT2D eigenvalue weighted by Crippen LogP contribution is 2.24. The van der Waals surface area contributed by atoms with Gasteiger partial charge in [0.15, 0.2) is 6.54 Å². The van der Waals surface area contributed by atoms with Gasteiger partial charge in [0.2, 0.25) is 0 Å². The molecule has 1 heterocycles. The molecule has 0 saturated carbocycles. The summed E-state index contributed by atoms with van der Waals surface area (Å²) in [6, 6.07) is 17.5. The number of likely N-dealkylation sites (tertiary alicyclic amines) is 1. The molecular formula is C24H31N2O4+. The van der Waals surface area contributed by atoms with Crippen molar-refractivity contribution in [1.82, 2.24) is 5.32 Å². The number of quaternary nitrogens is 1. The molecule has 160 valence electrons. The summed E-state index contributed by atoms with van der Waals surface area (Å²) in [7, 11) is 1.64. The lowest BCUT2D eigenvalue weighted by Gasteiger charge is -2.28. The average Bonchev–Trinajstić information content (AvgIpc) is 2.79. The molecule has 0 unspecified atom stereocenters. The quantitative estimate of drug-likeness (QED) is 0.650. The minimum Gasteiger partial charge on any atom is -0.497 e. The minimum absolute atomic E-state index is 0.00394. The second-order valence-corrected chi connectivity index (χ2v) is 7.64. The third kappa shape index (κ3) is 5.83. The first kappa shape index (κ1) is 21.8. The van der Waals surface area contributed by atoms with Gasteiger partial charge >= 0.3 is 5.97 Å². The van der Waals surface area contributed by atoms with Crippen LogP contribution in [0.25, 0.3) is 0 Å². The van der Waals surface area contributed by atoms with E-state index >= 15 is 0 Å². The van der Waals surface area contributed by atoms with Gasteiger partial charge in [-0.2, -0.15) is 0 Å². The highest BCUT2D eigenvalue weighted by molar-refractivity contribution is 5.78. The van der Waals surface area contributed by atoms with Crippen LogP contribution < -0.4 is 15.0 Å². The van der Waals surface area contributed by atoms with Crippen molar-refractivity contribution < 1.29 is 24.0 Å². The molecule has 30 heavy (non-hydrogen) atoms. The number of carbonyl (C=O) groups is 2. The molecule has 1 aliphatic rings. The van der Waals surface area contributed by atoms with Gasteiger partial charge in [-0.3, -0.25) is 9.59 Å². The van der Waals surface area contributed by atoms with Crippen LogP contribution in [0.5, 0.6) is 5.75 Å². The molecule has 1 aliphatic heterocycles. The summed E-state index contributed by atoms with van der Waals surface area (Å²) in [5.41, 5.74) is 2.04. The van der Waals surface area contributed by atoms with Crippen molar-refractivity contribution in [3.63, 3.8) is 0 Å². The number of methoxy groups -OCH3 is 1. The fourth-order valence-corrected chi connectivity index (χ4v) is 3.94. The second-order valence-electron chi connectivity index (χ2n) is 7.64. The molecule has 0 spiro atoms. The number of benzene rings is 2. The van der Waals surface area contributed by atoms with Crippen LogP contribution in [0.4, 0.5) is 0 Å². The Morgan fingerprint density at radius 2 is 1.67 bits per heavy atom. The first-order valence-electron chi connectivity index (χ1n) is 10.6. The van der Waals surface area contributed by atoms with Crippen LogP contribution in [-0.2, 0) is 14.3 Å². The predicted octanol–water partition coefficient (Wildman–Crippen LogP) is 1.76. The summed E-state index contributed by atoms with van der Waals surface area (Å²) in [6.07, 6.45) is 1.53. The van der Waals surface area contributed by atoms with Gasteiger partial charge in [-0.1, -0.05) is 42.5 Å². The van der Waals surface area contributed by atoms with Gasteiger partial charge in [0.1, 0.15) is 5.75 Å². The van der Waals surface area contributed by atoms with Crippen LogP contribution in [0.3, 0.4) is 0 Å². The number of nitrogens with one attached hydrogen (secondary N) is 2. The standard InChI is InChI=1S/C24H30N2O4/c1-3-30-24(28)20-13-15-26(16-14-20)17-22(27)25-23(18-7-5-4-6-8-18)19-9-11-21(29-2)12-10-19/h4-12,20,23H,3,13-17H2,1-2H3,(H,25,27)/p+1/t23-/m0/s1. The highest BCUT2D eigenvalue weighted by Gasteiger charge is 2.30. The molecule has 1 amide bonds. The molecule has 1 fully saturated rings. The Kier molecular flexibility index (Phi) is 7.85. The summed E-state index contributed by atoms with van der Waals surface area (Å²) in [5, 5.41) is 3.20. The molecule has 2 aromatic carbocycles. The zero-order chi connectivity index (χ0) is 21.3. The van der Waals surface area contributed by atoms with Crippen LogP contribution in [0.2, 0.25) is 0 Å². The van der Waals surface area contributed by atoms with Crippen molar-refractivity contribution in [2.75, 3.05) is 33.4 Å². The van der Waals surface area contributed by atoms with Gasteiger partial charge in [0.05, 0.1) is 38.8 Å². The summed E-state index contributed by atoms with van der Waals surface area (Å²) in [4.78, 5) is 26.0. The number of carbonyl (C=O) groups excluding carboxylic acids is 2. The first-order chi connectivity index (χ1) is 14.6. The third-order valence-electron chi connectivity index (χ3n) is 5.61. The molecule has 6 heteroatoms. The highest BCUT2D eigenvalue weighted by atomic mass is 16.5. The maximum absolute atomic E-state index is 12.9. The first-order valence-corrected chi connectivity index (χ1v) is 10.6. The van der Waals surface area contributed by atoms with Crippen molar-refractivity contribution >= 4 is 11.9 Å². The van der Waals surface area contributed by atoms with E-state index in [1.807, 2.05) is 61.5 Å². The van der Waals surface area contributed by atoms with E-state index in [0.29, 0.717) is 13.2 Å². The largest absolute Gasteiger partial charge is 0.497 e. The zero-order valence-electron chi connectivity index (χ0n) is 17.7. The van der Waals surface area contributed by atoms with Crippen molar-refractivity contribution in [1.29, 1.82) is 0 Å². The van der Waals surface area contributed by atoms with Gasteiger partial charge in [-0.15, -0.1) is 0 Å². The van der Waals surface area contributed by atoms with Crippen LogP contribution in [0.15, 0.2) is 54.6 Å². The van der Waals surface area contributed by atoms with E-state index in [1.54, 1.807) is 7.11 Å². The summed E-state index contributed by atoms with van der Waals surface area (Å²) >= 11 is 0. The fraction of sp³-hybridized carbons (Fsp3) is 0.417. The van der Waals surface area contributed by atoms with E-state index in [0.717, 1.165) is 42.8 Å². The molecule has 6 nitrogen and oxygen atoms in total. The van der Waals surface area contributed by atoms with Crippen LogP contribution in [0.1, 0.15) is 36.9 Å². The van der Waals surface area contributed by atoms with Gasteiger partial charge < -0.3 is 19.7 Å². The lowest BCUT2D eigenvalue weighted by atomic mass is 9.96. The summed E-state index contributed by atoms with van der Waals surface area (Å²) in [5.74, 6) is 0.646. The molecular weight excluding hydrogens is 380 g/mol. The lowest BCUT2D eigenvalue weighted by molar-refractivity contribution is -0.897. The molecule has 2 N–H and O–H groups in total. The van der Waals surface area contributed by atoms with E-state index in [9.17, 15) is 9.59 Å². The van der Waals surface area contributed by atoms with Crippen molar-refractivity contribution in [2.24, 2.45) is 5.92 Å². The number of amides is 1. The second kappa shape index (κ2) is 10.8. The minimum atomic E-state index is -0.221. The molecule has 0 aliphatic carbocycles. The molecule has 0 radical (unpaired) electrons. The monoisotopic (exact) mass is 411 g/mol. The number of piperidine rings is 1. The molecule has 1 saturated heterocycles. The predicted molar refractivity (Wildman–Crippen MR) is 114 cm³/mol. The Morgan fingerprint density at radius 3 is 2.27 bits per heavy atom. The molecule has 2 aromatic rings. The SMILES string of the molecule is CCOC(=O)C1CC[NH+](CC(=O)N[C@@H](c2ccccc2)c2ccc(OC)cc2)CC1. The van der Waals surface area contributed by atoms with Crippen LogP contribution in [-0.4, -0.2) is 45.2 Å². The smallest absolute Gasteiger partial charge is 0.309 e. The van der Waals surface area contributed by atoms with E-state index in [1.165, 1.54) is 4.90 Å². The number of rotatable bonds is 8.